The summed E-state index contributed by atoms with van der Waals surface area (Å²) in [6.07, 6.45) is -0.574. The summed E-state index contributed by atoms with van der Waals surface area (Å²) in [4.78, 5) is 33.7. The third-order valence-electron chi connectivity index (χ3n) is 3.35. The number of nitrogens with one attached hydrogen (secondary N) is 1. The molecule has 2 aromatic carbocycles. The number of hydrogen-bond acceptors (Lipinski definition) is 5. The Morgan fingerprint density at radius 3 is 2.28 bits per heavy atom. The third kappa shape index (κ3) is 4.68. The number of carboxylic acid groups (broad SMARTS) is 1. The van der Waals surface area contributed by atoms with Crippen molar-refractivity contribution < 1.29 is 19.6 Å². The fourth-order valence-electron chi connectivity index (χ4n) is 2.22. The Balaban J connectivity index is 2.35. The molecule has 0 aliphatic heterocycles. The number of carbonyl (C=O) groups excluding carboxylic acids is 2. The number of rotatable bonds is 6. The minimum Gasteiger partial charge on any atom is -0.550 e. The fourth-order valence-corrected chi connectivity index (χ4v) is 2.79. The molecule has 25 heavy (non-hydrogen) atoms. The van der Waals surface area contributed by atoms with E-state index < -0.39 is 29.3 Å². The van der Waals surface area contributed by atoms with Gasteiger partial charge in [-0.05, 0) is 17.7 Å². The second-order valence-electron chi connectivity index (χ2n) is 5.05. The molecule has 2 rings (SSSR count). The zero-order valence-electron chi connectivity index (χ0n) is 12.6. The SMILES string of the molecule is O=C([O-])C[C@@H](NC(=O)c1c(Cl)cccc1Cl)c1cccc([N+](=O)[O-])c1. The summed E-state index contributed by atoms with van der Waals surface area (Å²) in [7, 11) is 0. The lowest BCUT2D eigenvalue weighted by Gasteiger charge is -2.20. The summed E-state index contributed by atoms with van der Waals surface area (Å²) in [5, 5.41) is 24.6. The Labute approximate surface area is 152 Å². The summed E-state index contributed by atoms with van der Waals surface area (Å²) in [6, 6.07) is 8.73. The van der Waals surface area contributed by atoms with Crippen molar-refractivity contribution in [3.05, 3.63) is 73.8 Å². The number of amides is 1. The lowest BCUT2D eigenvalue weighted by molar-refractivity contribution is -0.385. The first-order valence-electron chi connectivity index (χ1n) is 6.98. The molecule has 0 unspecified atom stereocenters. The number of non-ortho nitro benzene ring substituents is 1. The highest BCUT2D eigenvalue weighted by atomic mass is 35.5. The van der Waals surface area contributed by atoms with Gasteiger partial charge in [-0.25, -0.2) is 0 Å². The molecule has 7 nitrogen and oxygen atoms in total. The molecule has 0 aromatic heterocycles. The first-order valence-corrected chi connectivity index (χ1v) is 7.74. The van der Waals surface area contributed by atoms with Crippen LogP contribution in [0.2, 0.25) is 10.0 Å². The van der Waals surface area contributed by atoms with Crippen LogP contribution in [-0.4, -0.2) is 16.8 Å². The molecular weight excluding hydrogens is 371 g/mol. The summed E-state index contributed by atoms with van der Waals surface area (Å²) in [5.41, 5.74) is 0.000381. The maximum Gasteiger partial charge on any atom is 0.269 e. The Morgan fingerprint density at radius 2 is 1.72 bits per heavy atom. The summed E-state index contributed by atoms with van der Waals surface area (Å²) >= 11 is 11.9. The molecule has 0 heterocycles. The highest BCUT2D eigenvalue weighted by Gasteiger charge is 2.21. The van der Waals surface area contributed by atoms with Gasteiger partial charge in [-0.15, -0.1) is 0 Å². The molecule has 0 spiro atoms. The molecule has 1 atom stereocenters. The molecule has 1 N–H and O–H groups in total. The van der Waals surface area contributed by atoms with Gasteiger partial charge in [0.05, 0.1) is 26.6 Å². The summed E-state index contributed by atoms with van der Waals surface area (Å²) in [5.74, 6) is -2.13. The van der Waals surface area contributed by atoms with Crippen LogP contribution in [0.15, 0.2) is 42.5 Å². The lowest BCUT2D eigenvalue weighted by atomic mass is 10.0. The highest BCUT2D eigenvalue weighted by Crippen LogP contribution is 2.26. The molecule has 0 aliphatic carbocycles. The molecule has 0 saturated carbocycles. The second kappa shape index (κ2) is 7.96. The number of nitro benzene ring substituents is 1. The van der Waals surface area contributed by atoms with Gasteiger partial charge in [-0.3, -0.25) is 14.9 Å². The Hall–Kier alpha value is -2.64. The molecule has 0 radical (unpaired) electrons. The van der Waals surface area contributed by atoms with Crippen LogP contribution in [-0.2, 0) is 4.79 Å². The van der Waals surface area contributed by atoms with Gasteiger partial charge in [0, 0.05) is 24.5 Å². The minimum atomic E-state index is -1.43. The molecule has 1 amide bonds. The maximum absolute atomic E-state index is 12.4. The van der Waals surface area contributed by atoms with Crippen LogP contribution in [0.25, 0.3) is 0 Å². The van der Waals surface area contributed by atoms with E-state index in [0.29, 0.717) is 0 Å². The van der Waals surface area contributed by atoms with Crippen molar-refractivity contribution in [2.75, 3.05) is 0 Å². The monoisotopic (exact) mass is 381 g/mol. The number of carbonyl (C=O) groups is 2. The van der Waals surface area contributed by atoms with Crippen molar-refractivity contribution in [2.24, 2.45) is 0 Å². The number of hydrogen-bond donors (Lipinski definition) is 1. The molecule has 0 saturated heterocycles. The van der Waals surface area contributed by atoms with Crippen molar-refractivity contribution in [1.29, 1.82) is 0 Å². The van der Waals surface area contributed by atoms with Crippen LogP contribution in [0, 0.1) is 10.1 Å². The molecule has 130 valence electrons. The van der Waals surface area contributed by atoms with E-state index in [-0.39, 0.29) is 26.9 Å². The molecule has 9 heteroatoms. The molecular formula is C16H11Cl2N2O5-. The minimum absolute atomic E-state index is 0.0142. The number of aliphatic carboxylic acids is 1. The van der Waals surface area contributed by atoms with Gasteiger partial charge < -0.3 is 15.2 Å². The number of nitrogens with zero attached hydrogens (tertiary/aromatic N) is 1. The first kappa shape index (κ1) is 18.7. The Morgan fingerprint density at radius 1 is 1.12 bits per heavy atom. The van der Waals surface area contributed by atoms with Crippen molar-refractivity contribution in [1.82, 2.24) is 5.32 Å². The average molecular weight is 382 g/mol. The van der Waals surface area contributed by atoms with Gasteiger partial charge in [-0.1, -0.05) is 41.4 Å². The zero-order chi connectivity index (χ0) is 18.6. The van der Waals surface area contributed by atoms with Crippen LogP contribution >= 0.6 is 23.2 Å². The predicted molar refractivity (Wildman–Crippen MR) is 89.4 cm³/mol. The molecule has 2 aromatic rings. The fraction of sp³-hybridized carbons (Fsp3) is 0.125. The van der Waals surface area contributed by atoms with Gasteiger partial charge in [0.25, 0.3) is 11.6 Å². The lowest BCUT2D eigenvalue weighted by Crippen LogP contribution is -2.34. The van der Waals surface area contributed by atoms with Crippen molar-refractivity contribution in [3.8, 4) is 0 Å². The molecule has 0 fully saturated rings. The Bertz CT molecular complexity index is 821. The predicted octanol–water partition coefficient (Wildman–Crippen LogP) is 2.51. The van der Waals surface area contributed by atoms with E-state index in [0.717, 1.165) is 0 Å². The second-order valence-corrected chi connectivity index (χ2v) is 5.87. The van der Waals surface area contributed by atoms with E-state index in [4.69, 9.17) is 23.2 Å². The quantitative estimate of drug-likeness (QED) is 0.609. The van der Waals surface area contributed by atoms with Crippen molar-refractivity contribution >= 4 is 40.8 Å². The van der Waals surface area contributed by atoms with E-state index in [1.54, 1.807) is 6.07 Å². The summed E-state index contributed by atoms with van der Waals surface area (Å²) < 4.78 is 0. The van der Waals surface area contributed by atoms with E-state index in [2.05, 4.69) is 5.32 Å². The largest absolute Gasteiger partial charge is 0.550 e. The van der Waals surface area contributed by atoms with Gasteiger partial charge >= 0.3 is 0 Å². The van der Waals surface area contributed by atoms with Gasteiger partial charge in [0.1, 0.15) is 0 Å². The smallest absolute Gasteiger partial charge is 0.269 e. The van der Waals surface area contributed by atoms with E-state index in [1.165, 1.54) is 36.4 Å². The average Bonchev–Trinajstić information content (AvgIpc) is 2.53. The number of nitro groups is 1. The number of halogens is 2. The number of carboxylic acids is 1. The van der Waals surface area contributed by atoms with E-state index in [1.807, 2.05) is 0 Å². The maximum atomic E-state index is 12.4. The standard InChI is InChI=1S/C16H12Cl2N2O5/c17-11-5-2-6-12(18)15(11)16(23)19-13(8-14(21)22)9-3-1-4-10(7-9)20(24)25/h1-7,13H,8H2,(H,19,23)(H,21,22)/p-1/t13-/m1/s1. The summed E-state index contributed by atoms with van der Waals surface area (Å²) in [6.45, 7) is 0. The van der Waals surface area contributed by atoms with E-state index >= 15 is 0 Å². The van der Waals surface area contributed by atoms with Gasteiger partial charge in [0.15, 0.2) is 0 Å². The van der Waals surface area contributed by atoms with Crippen LogP contribution in [0.5, 0.6) is 0 Å². The van der Waals surface area contributed by atoms with Crippen molar-refractivity contribution in [3.63, 3.8) is 0 Å². The van der Waals surface area contributed by atoms with Gasteiger partial charge in [-0.2, -0.15) is 0 Å². The first-order chi connectivity index (χ1) is 11.8. The highest BCUT2D eigenvalue weighted by molar-refractivity contribution is 6.39. The molecule has 0 aliphatic rings. The van der Waals surface area contributed by atoms with Gasteiger partial charge in [0.2, 0.25) is 0 Å². The van der Waals surface area contributed by atoms with Crippen LogP contribution in [0.3, 0.4) is 0 Å². The van der Waals surface area contributed by atoms with Crippen LogP contribution in [0.4, 0.5) is 5.69 Å². The van der Waals surface area contributed by atoms with Crippen LogP contribution in [0.1, 0.15) is 28.4 Å². The number of benzene rings is 2. The normalized spacial score (nSPS) is 11.6. The van der Waals surface area contributed by atoms with Crippen LogP contribution < -0.4 is 10.4 Å². The zero-order valence-corrected chi connectivity index (χ0v) is 14.1. The van der Waals surface area contributed by atoms with Crippen molar-refractivity contribution in [2.45, 2.75) is 12.5 Å². The topological polar surface area (TPSA) is 112 Å². The Kier molecular flexibility index (Phi) is 5.95. The molecule has 0 bridgehead atoms. The third-order valence-corrected chi connectivity index (χ3v) is 3.98. The van der Waals surface area contributed by atoms with E-state index in [9.17, 15) is 24.8 Å².